The van der Waals surface area contributed by atoms with Gasteiger partial charge in [0, 0.05) is 17.3 Å². The molecule has 156 valence electrons. The van der Waals surface area contributed by atoms with Crippen molar-refractivity contribution in [2.45, 2.75) is 20.8 Å². The van der Waals surface area contributed by atoms with E-state index in [4.69, 9.17) is 14.2 Å². The summed E-state index contributed by atoms with van der Waals surface area (Å²) in [6, 6.07) is 2.59. The molecular weight excluding hydrogens is 396 g/mol. The Balaban J connectivity index is 1.69. The van der Waals surface area contributed by atoms with Gasteiger partial charge in [0.15, 0.2) is 23.9 Å². The van der Waals surface area contributed by atoms with Gasteiger partial charge in [-0.1, -0.05) is 0 Å². The topological polar surface area (TPSA) is 138 Å². The lowest BCUT2D eigenvalue weighted by atomic mass is 10.1. The van der Waals surface area contributed by atoms with Gasteiger partial charge in [0.2, 0.25) is 12.6 Å². The van der Waals surface area contributed by atoms with Crippen LogP contribution in [0.3, 0.4) is 0 Å². The van der Waals surface area contributed by atoms with E-state index in [1.165, 1.54) is 25.1 Å². The lowest BCUT2D eigenvalue weighted by Crippen LogP contribution is -2.14. The summed E-state index contributed by atoms with van der Waals surface area (Å²) in [5.41, 5.74) is 1.53. The van der Waals surface area contributed by atoms with Crippen LogP contribution in [0.5, 0.6) is 11.5 Å². The van der Waals surface area contributed by atoms with Gasteiger partial charge in [0.25, 0.3) is 5.69 Å². The van der Waals surface area contributed by atoms with E-state index >= 15 is 0 Å². The summed E-state index contributed by atoms with van der Waals surface area (Å²) in [6.45, 7) is 4.11. The van der Waals surface area contributed by atoms with Gasteiger partial charge >= 0.3 is 5.97 Å². The van der Waals surface area contributed by atoms with Crippen molar-refractivity contribution in [3.63, 3.8) is 0 Å². The number of carbonyl (C=O) groups excluding carboxylic acids is 3. The van der Waals surface area contributed by atoms with Crippen LogP contribution in [0.25, 0.3) is 6.08 Å². The molecule has 0 unspecified atom stereocenters. The molecule has 0 fully saturated rings. The molecule has 0 saturated carbocycles. The molecule has 1 aliphatic heterocycles. The van der Waals surface area contributed by atoms with E-state index in [1.54, 1.807) is 13.8 Å². The van der Waals surface area contributed by atoms with E-state index in [1.807, 2.05) is 0 Å². The number of aromatic amines is 1. The average Bonchev–Trinajstić information content (AvgIpc) is 3.26. The Morgan fingerprint density at radius 1 is 1.23 bits per heavy atom. The molecule has 0 amide bonds. The monoisotopic (exact) mass is 414 g/mol. The summed E-state index contributed by atoms with van der Waals surface area (Å²) in [5.74, 6) is -0.969. The fraction of sp³-hybridized carbons (Fsp3) is 0.250. The quantitative estimate of drug-likeness (QED) is 0.240. The molecule has 0 atom stereocenters. The molecule has 0 aliphatic carbocycles. The van der Waals surface area contributed by atoms with Crippen LogP contribution < -0.4 is 9.47 Å². The standard InChI is InChI=1S/C20H18N2O8/c1-10-19(12(3)23)11(2)21-20(10)15(24)8-28-18(25)5-4-13-6-16-17(30-9-29-16)7-14(13)22(26)27/h4-7,21H,8-9H2,1-3H3/b5-4+. The van der Waals surface area contributed by atoms with Gasteiger partial charge < -0.3 is 19.2 Å². The first kappa shape index (κ1) is 20.8. The first-order valence-electron chi connectivity index (χ1n) is 8.85. The maximum atomic E-state index is 12.3. The zero-order valence-corrected chi connectivity index (χ0v) is 16.4. The molecule has 3 rings (SSSR count). The molecule has 0 radical (unpaired) electrons. The highest BCUT2D eigenvalue weighted by Crippen LogP contribution is 2.38. The fourth-order valence-electron chi connectivity index (χ4n) is 3.21. The minimum atomic E-state index is -0.858. The number of benzene rings is 1. The van der Waals surface area contributed by atoms with Crippen LogP contribution >= 0.6 is 0 Å². The third-order valence-electron chi connectivity index (χ3n) is 4.53. The number of H-pyrrole nitrogens is 1. The van der Waals surface area contributed by atoms with Gasteiger partial charge in [-0.25, -0.2) is 4.79 Å². The number of ketones is 2. The van der Waals surface area contributed by atoms with Crippen LogP contribution in [0.15, 0.2) is 18.2 Å². The molecule has 2 aromatic rings. The minimum absolute atomic E-state index is 0.0488. The van der Waals surface area contributed by atoms with Crippen molar-refractivity contribution >= 4 is 29.3 Å². The normalized spacial score (nSPS) is 12.2. The number of hydrogen-bond donors (Lipinski definition) is 1. The highest BCUT2D eigenvalue weighted by Gasteiger charge is 2.23. The largest absolute Gasteiger partial charge is 0.454 e. The van der Waals surface area contributed by atoms with Gasteiger partial charge in [-0.05, 0) is 38.5 Å². The molecule has 1 aromatic carbocycles. The Bertz CT molecular complexity index is 1100. The van der Waals surface area contributed by atoms with Crippen molar-refractivity contribution in [3.8, 4) is 11.5 Å². The van der Waals surface area contributed by atoms with Crippen molar-refractivity contribution < 1.29 is 33.5 Å². The van der Waals surface area contributed by atoms with E-state index in [2.05, 4.69) is 4.98 Å². The molecule has 10 nitrogen and oxygen atoms in total. The lowest BCUT2D eigenvalue weighted by molar-refractivity contribution is -0.385. The van der Waals surface area contributed by atoms with Crippen LogP contribution in [0.4, 0.5) is 5.69 Å². The van der Waals surface area contributed by atoms with Gasteiger partial charge in [-0.3, -0.25) is 19.7 Å². The average molecular weight is 414 g/mol. The first-order valence-corrected chi connectivity index (χ1v) is 8.85. The number of rotatable bonds is 7. The number of Topliss-reactive ketones (excluding diaryl/α,β-unsaturated/α-hetero) is 2. The number of nitro groups is 1. The Kier molecular flexibility index (Phi) is 5.67. The van der Waals surface area contributed by atoms with Crippen LogP contribution in [-0.2, 0) is 9.53 Å². The zero-order chi connectivity index (χ0) is 22.0. The first-order chi connectivity index (χ1) is 14.2. The van der Waals surface area contributed by atoms with Crippen LogP contribution in [0.2, 0.25) is 0 Å². The molecule has 30 heavy (non-hydrogen) atoms. The Labute approximate surface area is 170 Å². The van der Waals surface area contributed by atoms with Crippen molar-refractivity contribution in [1.29, 1.82) is 0 Å². The maximum Gasteiger partial charge on any atom is 0.331 e. The second-order valence-electron chi connectivity index (χ2n) is 6.57. The van der Waals surface area contributed by atoms with E-state index < -0.39 is 23.3 Å². The molecule has 1 N–H and O–H groups in total. The van der Waals surface area contributed by atoms with Crippen LogP contribution in [0, 0.1) is 24.0 Å². The molecule has 0 saturated heterocycles. The molecule has 2 heterocycles. The predicted molar refractivity (Wildman–Crippen MR) is 104 cm³/mol. The van der Waals surface area contributed by atoms with E-state index in [0.29, 0.717) is 22.6 Å². The maximum absolute atomic E-state index is 12.3. The summed E-state index contributed by atoms with van der Waals surface area (Å²) < 4.78 is 15.2. The summed E-state index contributed by atoms with van der Waals surface area (Å²) in [6.07, 6.45) is 2.18. The summed E-state index contributed by atoms with van der Waals surface area (Å²) >= 11 is 0. The molecule has 0 bridgehead atoms. The number of aryl methyl sites for hydroxylation is 1. The number of ether oxygens (including phenoxy) is 3. The molecule has 1 aromatic heterocycles. The van der Waals surface area contributed by atoms with Crippen molar-refractivity contribution in [1.82, 2.24) is 4.98 Å². The second-order valence-corrected chi connectivity index (χ2v) is 6.57. The van der Waals surface area contributed by atoms with Crippen LogP contribution in [0.1, 0.15) is 44.6 Å². The highest BCUT2D eigenvalue weighted by molar-refractivity contribution is 6.04. The van der Waals surface area contributed by atoms with Crippen molar-refractivity contribution in [2.75, 3.05) is 13.4 Å². The molecule has 0 spiro atoms. The number of esters is 1. The van der Waals surface area contributed by atoms with E-state index in [0.717, 1.165) is 6.08 Å². The van der Waals surface area contributed by atoms with Gasteiger partial charge in [0.05, 0.1) is 22.2 Å². The lowest BCUT2D eigenvalue weighted by Gasteiger charge is -2.03. The van der Waals surface area contributed by atoms with Crippen molar-refractivity contribution in [3.05, 3.63) is 56.4 Å². The SMILES string of the molecule is CC(=O)c1c(C)[nH]c(C(=O)COC(=O)/C=C/c2cc3c(cc2[N+](=O)[O-])OCO3)c1C. The van der Waals surface area contributed by atoms with Crippen molar-refractivity contribution in [2.24, 2.45) is 0 Å². The number of hydrogen-bond acceptors (Lipinski definition) is 8. The number of aromatic nitrogens is 1. The minimum Gasteiger partial charge on any atom is -0.454 e. The predicted octanol–water partition coefficient (Wildman–Crippen LogP) is 2.91. The number of nitrogens with zero attached hydrogens (tertiary/aromatic N) is 1. The van der Waals surface area contributed by atoms with Crippen LogP contribution in [-0.4, -0.2) is 40.8 Å². The summed E-state index contributed by atoms with van der Waals surface area (Å²) in [4.78, 5) is 49.4. The Morgan fingerprint density at radius 2 is 1.90 bits per heavy atom. The third kappa shape index (κ3) is 4.07. The Hall–Kier alpha value is -3.95. The number of fused-ring (bicyclic) bond motifs is 1. The fourth-order valence-corrected chi connectivity index (χ4v) is 3.21. The highest BCUT2D eigenvalue weighted by atomic mass is 16.7. The Morgan fingerprint density at radius 3 is 2.50 bits per heavy atom. The summed E-state index contributed by atoms with van der Waals surface area (Å²) in [7, 11) is 0. The second kappa shape index (κ2) is 8.19. The molecule has 10 heteroatoms. The van der Waals surface area contributed by atoms with Gasteiger partial charge in [-0.15, -0.1) is 0 Å². The third-order valence-corrected chi connectivity index (χ3v) is 4.53. The van der Waals surface area contributed by atoms with E-state index in [9.17, 15) is 24.5 Å². The molecular formula is C20H18N2O8. The van der Waals surface area contributed by atoms with E-state index in [-0.39, 0.29) is 35.3 Å². The van der Waals surface area contributed by atoms with Gasteiger partial charge in [0.1, 0.15) is 0 Å². The number of carbonyl (C=O) groups is 3. The zero-order valence-electron chi connectivity index (χ0n) is 16.4. The number of nitrogens with one attached hydrogen (secondary N) is 1. The summed E-state index contributed by atoms with van der Waals surface area (Å²) in [5, 5.41) is 11.2. The smallest absolute Gasteiger partial charge is 0.331 e. The number of nitro benzene ring substituents is 1. The van der Waals surface area contributed by atoms with Gasteiger partial charge in [-0.2, -0.15) is 0 Å². The molecule has 1 aliphatic rings.